The molecule has 1 atom stereocenters. The maximum absolute atomic E-state index is 13.3. The molecule has 1 fully saturated rings. The Hall–Kier alpha value is -2.31. The molecule has 1 aromatic heterocycles. The van der Waals surface area contributed by atoms with Crippen LogP contribution in [0.3, 0.4) is 0 Å². The summed E-state index contributed by atoms with van der Waals surface area (Å²) in [7, 11) is 1.31. The van der Waals surface area contributed by atoms with Crippen LogP contribution in [0.15, 0.2) is 0 Å². The first-order chi connectivity index (χ1) is 12.8. The number of methoxy groups -OCH3 is 1. The van der Waals surface area contributed by atoms with Crippen molar-refractivity contribution in [2.45, 2.75) is 71.9 Å². The number of ether oxygens (including phenoxy) is 1. The first kappa shape index (κ1) is 21.0. The highest BCUT2D eigenvalue weighted by atomic mass is 16.5. The second kappa shape index (κ2) is 9.06. The van der Waals surface area contributed by atoms with Crippen LogP contribution in [0.1, 0.15) is 78.1 Å². The molecule has 1 saturated carbocycles. The number of carbonyl (C=O) groups is 3. The molecular formula is C20H31N3O4. The zero-order valence-corrected chi connectivity index (χ0v) is 17.0. The first-order valence-corrected chi connectivity index (χ1v) is 9.71. The summed E-state index contributed by atoms with van der Waals surface area (Å²) in [5.74, 6) is -0.664. The minimum Gasteiger partial charge on any atom is -0.464 e. The summed E-state index contributed by atoms with van der Waals surface area (Å²) < 4.78 is 4.78. The molecule has 1 aromatic rings. The van der Waals surface area contributed by atoms with Gasteiger partial charge in [0.1, 0.15) is 5.69 Å². The molecule has 2 rings (SSSR count). The molecule has 1 aliphatic rings. The van der Waals surface area contributed by atoms with Crippen molar-refractivity contribution < 1.29 is 19.1 Å². The number of aromatic nitrogens is 1. The van der Waals surface area contributed by atoms with Crippen molar-refractivity contribution in [2.24, 2.45) is 0 Å². The Labute approximate surface area is 160 Å². The highest BCUT2D eigenvalue weighted by Crippen LogP contribution is 2.27. The summed E-state index contributed by atoms with van der Waals surface area (Å²) in [6.07, 6.45) is 5.12. The first-order valence-electron chi connectivity index (χ1n) is 9.71. The topological polar surface area (TPSA) is 91.5 Å². The van der Waals surface area contributed by atoms with Gasteiger partial charge in [-0.2, -0.15) is 0 Å². The molecule has 1 aliphatic carbocycles. The smallest absolute Gasteiger partial charge is 0.354 e. The lowest BCUT2D eigenvalue weighted by molar-refractivity contribution is 0.0593. The Bertz CT molecular complexity index is 704. The van der Waals surface area contributed by atoms with Gasteiger partial charge in [-0.25, -0.2) is 9.59 Å². The van der Waals surface area contributed by atoms with Crippen LogP contribution in [-0.2, 0) is 4.74 Å². The Kier molecular flexibility index (Phi) is 7.05. The van der Waals surface area contributed by atoms with Crippen molar-refractivity contribution in [3.8, 4) is 0 Å². The van der Waals surface area contributed by atoms with Crippen molar-refractivity contribution in [3.63, 3.8) is 0 Å². The van der Waals surface area contributed by atoms with Gasteiger partial charge in [-0.05, 0) is 46.1 Å². The van der Waals surface area contributed by atoms with Crippen LogP contribution in [-0.4, -0.2) is 53.4 Å². The highest BCUT2D eigenvalue weighted by Gasteiger charge is 2.35. The number of aromatic amines is 1. The third-order valence-electron chi connectivity index (χ3n) is 5.40. The number of esters is 1. The van der Waals surface area contributed by atoms with Crippen LogP contribution >= 0.6 is 0 Å². The van der Waals surface area contributed by atoms with Crippen molar-refractivity contribution in [1.82, 2.24) is 15.2 Å². The quantitative estimate of drug-likeness (QED) is 0.587. The molecule has 2 amide bonds. The zero-order chi connectivity index (χ0) is 20.1. The lowest BCUT2D eigenvalue weighted by Gasteiger charge is -2.38. The number of hydrogen-bond donors (Lipinski definition) is 2. The van der Waals surface area contributed by atoms with Crippen LogP contribution in [0, 0.1) is 13.8 Å². The second-order valence-electron chi connectivity index (χ2n) is 7.19. The van der Waals surface area contributed by atoms with Crippen molar-refractivity contribution >= 4 is 17.8 Å². The summed E-state index contributed by atoms with van der Waals surface area (Å²) in [5.41, 5.74) is 1.93. The molecule has 0 saturated heterocycles. The minimum absolute atomic E-state index is 0.0591. The largest absolute Gasteiger partial charge is 0.464 e. The normalized spacial score (nSPS) is 15.9. The summed E-state index contributed by atoms with van der Waals surface area (Å²) in [5, 5.41) is 2.84. The fraction of sp³-hybridized carbons (Fsp3) is 0.650. The number of amides is 2. The van der Waals surface area contributed by atoms with Crippen LogP contribution in [0.2, 0.25) is 0 Å². The van der Waals surface area contributed by atoms with E-state index in [1.165, 1.54) is 13.5 Å². The van der Waals surface area contributed by atoms with Gasteiger partial charge in [0.05, 0.1) is 13.2 Å². The van der Waals surface area contributed by atoms with Gasteiger partial charge < -0.3 is 19.9 Å². The number of nitrogens with zero attached hydrogens (tertiary/aromatic N) is 1. The molecule has 0 aliphatic heterocycles. The highest BCUT2D eigenvalue weighted by molar-refractivity contribution is 6.06. The van der Waals surface area contributed by atoms with E-state index in [0.29, 0.717) is 23.4 Å². The van der Waals surface area contributed by atoms with Gasteiger partial charge in [-0.15, -0.1) is 0 Å². The van der Waals surface area contributed by atoms with E-state index in [9.17, 15) is 14.4 Å². The molecule has 0 radical (unpaired) electrons. The summed E-state index contributed by atoms with van der Waals surface area (Å²) >= 11 is 0. The number of Topliss-reactive ketones (excluding diaryl/α,β-unsaturated/α-hetero) is 1. The predicted molar refractivity (Wildman–Crippen MR) is 103 cm³/mol. The molecular weight excluding hydrogens is 346 g/mol. The molecule has 0 bridgehead atoms. The molecule has 0 unspecified atom stereocenters. The molecule has 7 nitrogen and oxygen atoms in total. The second-order valence-corrected chi connectivity index (χ2v) is 7.19. The third-order valence-corrected chi connectivity index (χ3v) is 5.40. The SMILES string of the molecule is CCNC(=O)N(C1CCCCC1)[C@H](C)C(=O)c1c(C)[nH]c(C(=O)OC)c1C. The lowest BCUT2D eigenvalue weighted by atomic mass is 9.91. The van der Waals surface area contributed by atoms with Crippen LogP contribution in [0.4, 0.5) is 4.79 Å². The van der Waals surface area contributed by atoms with Gasteiger partial charge >= 0.3 is 12.0 Å². The molecule has 150 valence electrons. The van der Waals surface area contributed by atoms with E-state index < -0.39 is 12.0 Å². The zero-order valence-electron chi connectivity index (χ0n) is 17.0. The number of urea groups is 1. The van der Waals surface area contributed by atoms with Gasteiger partial charge in [-0.1, -0.05) is 19.3 Å². The number of aryl methyl sites for hydroxylation is 1. The van der Waals surface area contributed by atoms with Crippen molar-refractivity contribution in [1.29, 1.82) is 0 Å². The summed E-state index contributed by atoms with van der Waals surface area (Å²) in [6.45, 7) is 7.64. The van der Waals surface area contributed by atoms with E-state index in [4.69, 9.17) is 4.74 Å². The maximum Gasteiger partial charge on any atom is 0.354 e. The van der Waals surface area contributed by atoms with E-state index in [1.807, 2.05) is 6.92 Å². The Morgan fingerprint density at radius 3 is 2.41 bits per heavy atom. The van der Waals surface area contributed by atoms with Crippen LogP contribution < -0.4 is 5.32 Å². The summed E-state index contributed by atoms with van der Waals surface area (Å²) in [6, 6.07) is -0.758. The van der Waals surface area contributed by atoms with Gasteiger partial charge in [0.15, 0.2) is 5.78 Å². The number of nitrogens with one attached hydrogen (secondary N) is 2. The number of ketones is 1. The van der Waals surface area contributed by atoms with Gasteiger partial charge in [0, 0.05) is 23.8 Å². The van der Waals surface area contributed by atoms with E-state index in [1.54, 1.807) is 25.7 Å². The molecule has 2 N–H and O–H groups in total. The van der Waals surface area contributed by atoms with E-state index in [-0.39, 0.29) is 23.6 Å². The minimum atomic E-state index is -0.613. The predicted octanol–water partition coefficient (Wildman–Crippen LogP) is 3.35. The van der Waals surface area contributed by atoms with E-state index in [0.717, 1.165) is 25.7 Å². The molecule has 27 heavy (non-hydrogen) atoms. The molecule has 7 heteroatoms. The number of hydrogen-bond acceptors (Lipinski definition) is 4. The van der Waals surface area contributed by atoms with Gasteiger partial charge in [0.25, 0.3) is 0 Å². The fourth-order valence-corrected chi connectivity index (χ4v) is 4.02. The average molecular weight is 377 g/mol. The molecule has 1 heterocycles. The monoisotopic (exact) mass is 377 g/mol. The standard InChI is InChI=1S/C20H31N3O4/c1-6-21-20(26)23(15-10-8-7-9-11-15)14(4)18(24)16-12(2)17(19(25)27-5)22-13(16)3/h14-15,22H,6-11H2,1-5H3,(H,21,26)/t14-/m1/s1. The summed E-state index contributed by atoms with van der Waals surface area (Å²) in [4.78, 5) is 42.6. The van der Waals surface area contributed by atoms with Crippen LogP contribution in [0.25, 0.3) is 0 Å². The number of rotatable bonds is 6. The fourth-order valence-electron chi connectivity index (χ4n) is 4.02. The van der Waals surface area contributed by atoms with Crippen molar-refractivity contribution in [3.05, 3.63) is 22.5 Å². The number of carbonyl (C=O) groups excluding carboxylic acids is 3. The number of H-pyrrole nitrogens is 1. The third kappa shape index (κ3) is 4.34. The Morgan fingerprint density at radius 1 is 1.22 bits per heavy atom. The molecule has 0 aromatic carbocycles. The van der Waals surface area contributed by atoms with Crippen molar-refractivity contribution in [2.75, 3.05) is 13.7 Å². The molecule has 0 spiro atoms. The average Bonchev–Trinajstić information content (AvgIpc) is 2.96. The van der Waals surface area contributed by atoms with Gasteiger partial charge in [0.2, 0.25) is 0 Å². The Balaban J connectivity index is 2.35. The Morgan fingerprint density at radius 2 is 1.85 bits per heavy atom. The maximum atomic E-state index is 13.3. The van der Waals surface area contributed by atoms with E-state index >= 15 is 0 Å². The van der Waals surface area contributed by atoms with E-state index in [2.05, 4.69) is 10.3 Å². The van der Waals surface area contributed by atoms with Crippen LogP contribution in [0.5, 0.6) is 0 Å². The lowest BCUT2D eigenvalue weighted by Crippen LogP contribution is -2.53. The van der Waals surface area contributed by atoms with Gasteiger partial charge in [-0.3, -0.25) is 4.79 Å².